The van der Waals surface area contributed by atoms with Gasteiger partial charge in [0.2, 0.25) is 5.91 Å². The number of benzene rings is 2. The van der Waals surface area contributed by atoms with Crippen LogP contribution in [0.5, 0.6) is 0 Å². The Kier molecular flexibility index (Phi) is 5.14. The average molecular weight is 360 g/mol. The number of hydrogen-bond donors (Lipinski definition) is 1. The minimum absolute atomic E-state index is 0.0186. The fraction of sp³-hybridized carbons (Fsp3) is 0.222. The zero-order valence-electron chi connectivity index (χ0n) is 13.5. The van der Waals surface area contributed by atoms with Gasteiger partial charge >= 0.3 is 0 Å². The van der Waals surface area contributed by atoms with E-state index in [1.54, 1.807) is 11.9 Å². The highest BCUT2D eigenvalue weighted by molar-refractivity contribution is 7.22. The molecule has 3 rings (SSSR count). The minimum atomic E-state index is -0.0186. The van der Waals surface area contributed by atoms with Crippen LogP contribution >= 0.6 is 22.9 Å². The van der Waals surface area contributed by atoms with Gasteiger partial charge in [-0.05, 0) is 36.8 Å². The molecule has 1 atom stereocenters. The van der Waals surface area contributed by atoms with Crippen LogP contribution in [0.3, 0.4) is 0 Å². The largest absolute Gasteiger partial charge is 0.302 e. The molecule has 0 aliphatic heterocycles. The number of rotatable bonds is 5. The number of anilines is 1. The monoisotopic (exact) mass is 359 g/mol. The van der Waals surface area contributed by atoms with Crippen LogP contribution in [0, 0.1) is 0 Å². The molecule has 1 unspecified atom stereocenters. The van der Waals surface area contributed by atoms with Gasteiger partial charge in [-0.2, -0.15) is 0 Å². The number of aromatic nitrogens is 1. The first kappa shape index (κ1) is 16.9. The molecule has 2 aromatic carbocycles. The topological polar surface area (TPSA) is 45.2 Å². The van der Waals surface area contributed by atoms with Crippen molar-refractivity contribution in [3.63, 3.8) is 0 Å². The fourth-order valence-electron chi connectivity index (χ4n) is 2.34. The Morgan fingerprint density at radius 1 is 1.25 bits per heavy atom. The lowest BCUT2D eigenvalue weighted by atomic mass is 10.1. The van der Waals surface area contributed by atoms with E-state index in [1.165, 1.54) is 11.3 Å². The van der Waals surface area contributed by atoms with Gasteiger partial charge in [0.15, 0.2) is 5.13 Å². The molecule has 1 heterocycles. The average Bonchev–Trinajstić information content (AvgIpc) is 3.03. The highest BCUT2D eigenvalue weighted by Gasteiger charge is 2.16. The predicted octanol–water partition coefficient (Wildman–Crippen LogP) is 4.26. The molecule has 0 fully saturated rings. The van der Waals surface area contributed by atoms with E-state index < -0.39 is 0 Å². The Bertz CT molecular complexity index is 814. The Balaban J connectivity index is 1.62. The fourth-order valence-corrected chi connectivity index (χ4v) is 3.41. The summed E-state index contributed by atoms with van der Waals surface area (Å²) in [4.78, 5) is 18.5. The first-order chi connectivity index (χ1) is 11.5. The van der Waals surface area contributed by atoms with Crippen molar-refractivity contribution in [3.05, 3.63) is 59.1 Å². The molecular formula is C18H18ClN3OS. The summed E-state index contributed by atoms with van der Waals surface area (Å²) in [7, 11) is 1.76. The lowest BCUT2D eigenvalue weighted by Gasteiger charge is -2.17. The molecular weight excluding hydrogens is 342 g/mol. The Morgan fingerprint density at radius 2 is 1.96 bits per heavy atom. The van der Waals surface area contributed by atoms with Crippen molar-refractivity contribution in [2.75, 3.05) is 18.5 Å². The quantitative estimate of drug-likeness (QED) is 0.740. The van der Waals surface area contributed by atoms with Crippen LogP contribution in [0.2, 0.25) is 5.02 Å². The number of thiazole rings is 1. The smallest absolute Gasteiger partial charge is 0.242 e. The van der Waals surface area contributed by atoms with Crippen molar-refractivity contribution in [1.29, 1.82) is 0 Å². The summed E-state index contributed by atoms with van der Waals surface area (Å²) in [5.74, 6) is -0.0186. The second kappa shape index (κ2) is 7.30. The SMILES string of the molecule is CC(NCC(=O)N(C)c1nc2ccccc2s1)c1ccc(Cl)cc1. The van der Waals surface area contributed by atoms with Gasteiger partial charge in [-0.3, -0.25) is 9.69 Å². The van der Waals surface area contributed by atoms with Gasteiger partial charge in [-0.15, -0.1) is 0 Å². The number of hydrogen-bond acceptors (Lipinski definition) is 4. The van der Waals surface area contributed by atoms with E-state index >= 15 is 0 Å². The van der Waals surface area contributed by atoms with Gasteiger partial charge in [0, 0.05) is 18.1 Å². The van der Waals surface area contributed by atoms with E-state index in [0.717, 1.165) is 15.8 Å². The van der Waals surface area contributed by atoms with E-state index in [9.17, 15) is 4.79 Å². The Morgan fingerprint density at radius 3 is 2.67 bits per heavy atom. The number of nitrogens with zero attached hydrogens (tertiary/aromatic N) is 2. The molecule has 1 amide bonds. The lowest BCUT2D eigenvalue weighted by Crippen LogP contribution is -2.36. The third kappa shape index (κ3) is 3.75. The van der Waals surface area contributed by atoms with Crippen LogP contribution in [0.4, 0.5) is 5.13 Å². The highest BCUT2D eigenvalue weighted by Crippen LogP contribution is 2.27. The number of para-hydroxylation sites is 1. The van der Waals surface area contributed by atoms with Crippen molar-refractivity contribution in [3.8, 4) is 0 Å². The maximum Gasteiger partial charge on any atom is 0.242 e. The molecule has 0 bridgehead atoms. The van der Waals surface area contributed by atoms with Gasteiger partial charge in [-0.1, -0.05) is 47.2 Å². The number of amides is 1. The first-order valence-corrected chi connectivity index (χ1v) is 8.85. The molecule has 0 radical (unpaired) electrons. The summed E-state index contributed by atoms with van der Waals surface area (Å²) in [6, 6.07) is 15.6. The van der Waals surface area contributed by atoms with Crippen LogP contribution in [0.25, 0.3) is 10.2 Å². The van der Waals surface area contributed by atoms with E-state index in [1.807, 2.05) is 55.5 Å². The molecule has 124 valence electrons. The van der Waals surface area contributed by atoms with E-state index in [0.29, 0.717) is 10.2 Å². The van der Waals surface area contributed by atoms with Crippen LogP contribution in [0.15, 0.2) is 48.5 Å². The van der Waals surface area contributed by atoms with E-state index in [4.69, 9.17) is 11.6 Å². The molecule has 1 N–H and O–H groups in total. The number of likely N-dealkylation sites (N-methyl/N-ethyl adjacent to an activating group) is 1. The minimum Gasteiger partial charge on any atom is -0.302 e. The molecule has 3 aromatic rings. The van der Waals surface area contributed by atoms with Crippen LogP contribution in [-0.4, -0.2) is 24.5 Å². The number of halogens is 1. The molecule has 0 saturated heterocycles. The summed E-state index contributed by atoms with van der Waals surface area (Å²) in [5.41, 5.74) is 2.01. The number of carbonyl (C=O) groups is 1. The van der Waals surface area contributed by atoms with E-state index in [2.05, 4.69) is 10.3 Å². The molecule has 6 heteroatoms. The molecule has 0 aliphatic carbocycles. The normalized spacial score (nSPS) is 12.3. The molecule has 24 heavy (non-hydrogen) atoms. The molecule has 1 aromatic heterocycles. The zero-order valence-corrected chi connectivity index (χ0v) is 15.1. The summed E-state index contributed by atoms with van der Waals surface area (Å²) < 4.78 is 1.08. The van der Waals surface area contributed by atoms with Crippen LogP contribution < -0.4 is 10.2 Å². The Hall–Kier alpha value is -1.95. The van der Waals surface area contributed by atoms with Gasteiger partial charge < -0.3 is 5.32 Å². The summed E-state index contributed by atoms with van der Waals surface area (Å²) in [6.45, 7) is 2.27. The molecule has 0 aliphatic rings. The molecule has 0 saturated carbocycles. The highest BCUT2D eigenvalue weighted by atomic mass is 35.5. The maximum atomic E-state index is 12.4. The van der Waals surface area contributed by atoms with E-state index in [-0.39, 0.29) is 18.5 Å². The lowest BCUT2D eigenvalue weighted by molar-refractivity contribution is -0.117. The molecule has 0 spiro atoms. The third-order valence-electron chi connectivity index (χ3n) is 3.87. The first-order valence-electron chi connectivity index (χ1n) is 7.65. The zero-order chi connectivity index (χ0) is 17.1. The third-order valence-corrected chi connectivity index (χ3v) is 5.24. The maximum absolute atomic E-state index is 12.4. The van der Waals surface area contributed by atoms with Gasteiger partial charge in [-0.25, -0.2) is 4.98 Å². The van der Waals surface area contributed by atoms with Crippen molar-refractivity contribution in [2.24, 2.45) is 0 Å². The van der Waals surface area contributed by atoms with Crippen molar-refractivity contribution in [1.82, 2.24) is 10.3 Å². The summed E-state index contributed by atoms with van der Waals surface area (Å²) >= 11 is 7.42. The van der Waals surface area contributed by atoms with Crippen molar-refractivity contribution >= 4 is 44.2 Å². The van der Waals surface area contributed by atoms with Crippen LogP contribution in [-0.2, 0) is 4.79 Å². The number of fused-ring (bicyclic) bond motifs is 1. The summed E-state index contributed by atoms with van der Waals surface area (Å²) in [6.07, 6.45) is 0. The predicted molar refractivity (Wildman–Crippen MR) is 101 cm³/mol. The number of carbonyl (C=O) groups excluding carboxylic acids is 1. The summed E-state index contributed by atoms with van der Waals surface area (Å²) in [5, 5.41) is 4.66. The second-order valence-corrected chi connectivity index (χ2v) is 7.02. The number of nitrogens with one attached hydrogen (secondary N) is 1. The van der Waals surface area contributed by atoms with Gasteiger partial charge in [0.25, 0.3) is 0 Å². The van der Waals surface area contributed by atoms with Gasteiger partial charge in [0.1, 0.15) is 0 Å². The van der Waals surface area contributed by atoms with Crippen molar-refractivity contribution in [2.45, 2.75) is 13.0 Å². The standard InChI is InChI=1S/C18H18ClN3OS/c1-12(13-7-9-14(19)10-8-13)20-11-17(23)22(2)18-21-15-5-3-4-6-16(15)24-18/h3-10,12,20H,11H2,1-2H3. The second-order valence-electron chi connectivity index (χ2n) is 5.57. The van der Waals surface area contributed by atoms with Gasteiger partial charge in [0.05, 0.1) is 16.8 Å². The van der Waals surface area contributed by atoms with Crippen molar-refractivity contribution < 1.29 is 4.79 Å². The van der Waals surface area contributed by atoms with Crippen LogP contribution in [0.1, 0.15) is 18.5 Å². The molecule has 4 nitrogen and oxygen atoms in total. The Labute approximate surface area is 150 Å².